The number of allylic oxidation sites excluding steroid dienone is 1. The van der Waals surface area contributed by atoms with Crippen LogP contribution in [-0.4, -0.2) is 63.6 Å². The summed E-state index contributed by atoms with van der Waals surface area (Å²) in [5, 5.41) is 3.39. The highest BCUT2D eigenvalue weighted by molar-refractivity contribution is 5.25. The Kier molecular flexibility index (Phi) is 11.9. The van der Waals surface area contributed by atoms with Crippen molar-refractivity contribution in [3.05, 3.63) is 24.1 Å². The predicted molar refractivity (Wildman–Crippen MR) is 182 cm³/mol. The van der Waals surface area contributed by atoms with Crippen molar-refractivity contribution in [3.63, 3.8) is 0 Å². The third kappa shape index (κ3) is 7.73. The van der Waals surface area contributed by atoms with Crippen LogP contribution in [0.4, 0.5) is 0 Å². The molecule has 1 aliphatic heterocycles. The second-order valence-corrected chi connectivity index (χ2v) is 16.6. The Morgan fingerprint density at radius 1 is 1.05 bits per heavy atom. The van der Waals surface area contributed by atoms with E-state index in [0.29, 0.717) is 36.5 Å². The van der Waals surface area contributed by atoms with Gasteiger partial charge in [-0.3, -0.25) is 0 Å². The van der Waals surface area contributed by atoms with Gasteiger partial charge in [0.1, 0.15) is 6.10 Å². The summed E-state index contributed by atoms with van der Waals surface area (Å²) in [4.78, 5) is 2.49. The molecule has 4 unspecified atom stereocenters. The van der Waals surface area contributed by atoms with Crippen LogP contribution in [0.3, 0.4) is 0 Å². The molecule has 1 N–H and O–H groups in total. The van der Waals surface area contributed by atoms with Crippen LogP contribution in [0.2, 0.25) is 0 Å². The van der Waals surface area contributed by atoms with Gasteiger partial charge in [0.15, 0.2) is 5.88 Å². The van der Waals surface area contributed by atoms with Gasteiger partial charge in [-0.05, 0) is 124 Å². The molecule has 0 aromatic carbocycles. The quantitative estimate of drug-likeness (QED) is 0.107. The lowest BCUT2D eigenvalue weighted by molar-refractivity contribution is -0.0600. The molecule has 4 aliphatic carbocycles. The average molecular weight is 613 g/mol. The highest BCUT2D eigenvalue weighted by Gasteiger charge is 2.59. The lowest BCUT2D eigenvalue weighted by atomic mass is 9.47. The zero-order valence-corrected chi connectivity index (χ0v) is 29.5. The molecule has 5 heteroatoms. The molecule has 44 heavy (non-hydrogen) atoms. The van der Waals surface area contributed by atoms with E-state index >= 15 is 0 Å². The molecule has 252 valence electrons. The summed E-state index contributed by atoms with van der Waals surface area (Å²) in [6.45, 7) is 22.2. The first-order valence-electron chi connectivity index (χ1n) is 18.8. The van der Waals surface area contributed by atoms with E-state index in [0.717, 1.165) is 54.9 Å². The van der Waals surface area contributed by atoms with Crippen LogP contribution < -0.4 is 5.32 Å². The van der Waals surface area contributed by atoms with Gasteiger partial charge in [-0.2, -0.15) is 0 Å². The molecule has 0 radical (unpaired) electrons. The highest BCUT2D eigenvalue weighted by atomic mass is 16.5. The molecule has 0 aromatic heterocycles. The summed E-state index contributed by atoms with van der Waals surface area (Å²) in [5.41, 5.74) is 2.61. The first-order valence-corrected chi connectivity index (χ1v) is 18.8. The minimum Gasteiger partial charge on any atom is -0.476 e. The second-order valence-electron chi connectivity index (χ2n) is 16.6. The van der Waals surface area contributed by atoms with E-state index in [1.54, 1.807) is 12.7 Å². The molecule has 0 aromatic rings. The second kappa shape index (κ2) is 15.2. The molecule has 5 rings (SSSR count). The van der Waals surface area contributed by atoms with E-state index in [4.69, 9.17) is 14.2 Å². The number of nitrogens with one attached hydrogen (secondary N) is 1. The average Bonchev–Trinajstić information content (AvgIpc) is 3.62. The van der Waals surface area contributed by atoms with Crippen LogP contribution in [-0.2, 0) is 14.2 Å². The van der Waals surface area contributed by atoms with Crippen molar-refractivity contribution >= 4 is 0 Å². The maximum absolute atomic E-state index is 6.42. The molecule has 5 nitrogen and oxygen atoms in total. The van der Waals surface area contributed by atoms with Crippen LogP contribution in [0.15, 0.2) is 24.1 Å². The smallest absolute Gasteiger partial charge is 0.179 e. The Hall–Kier alpha value is -1.04. The van der Waals surface area contributed by atoms with Gasteiger partial charge in [0.2, 0.25) is 0 Å². The molecular formula is C39H68N2O3. The lowest BCUT2D eigenvalue weighted by Crippen LogP contribution is -2.51. The Bertz CT molecular complexity index is 959. The number of hydrogen-bond acceptors (Lipinski definition) is 5. The van der Waals surface area contributed by atoms with E-state index in [1.807, 2.05) is 0 Å². The number of methoxy groups -OCH3 is 1. The first-order chi connectivity index (χ1) is 21.1. The highest BCUT2D eigenvalue weighted by Crippen LogP contribution is 2.67. The molecule has 3 saturated carbocycles. The van der Waals surface area contributed by atoms with Gasteiger partial charge in [-0.1, -0.05) is 65.5 Å². The number of nitrogens with zero attached hydrogens (tertiary/aromatic N) is 1. The van der Waals surface area contributed by atoms with Gasteiger partial charge in [-0.25, -0.2) is 0 Å². The fourth-order valence-electron chi connectivity index (χ4n) is 11.0. The molecule has 1 heterocycles. The monoisotopic (exact) mass is 613 g/mol. The fraction of sp³-hybridized carbons (Fsp3) is 0.897. The maximum Gasteiger partial charge on any atom is 0.179 e. The summed E-state index contributed by atoms with van der Waals surface area (Å²) in [6, 6.07) is 0. The van der Waals surface area contributed by atoms with Crippen LogP contribution in [0.25, 0.3) is 0 Å². The molecule has 0 spiro atoms. The number of fused-ring (bicyclic) bond motifs is 5. The van der Waals surface area contributed by atoms with E-state index in [9.17, 15) is 0 Å². The third-order valence-electron chi connectivity index (χ3n) is 13.4. The van der Waals surface area contributed by atoms with Crippen LogP contribution in [0.5, 0.6) is 0 Å². The molecular weight excluding hydrogens is 544 g/mol. The zero-order chi connectivity index (χ0) is 31.3. The summed E-state index contributed by atoms with van der Waals surface area (Å²) in [7, 11) is 1.76. The molecule has 9 atom stereocenters. The van der Waals surface area contributed by atoms with Crippen molar-refractivity contribution in [2.75, 3.05) is 46.5 Å². The molecule has 4 fully saturated rings. The third-order valence-corrected chi connectivity index (χ3v) is 13.4. The lowest BCUT2D eigenvalue weighted by Gasteiger charge is -2.58. The minimum atomic E-state index is 0.123. The SMILES string of the molecule is C=C(NCCOC(COC)CN1CCCC1)O[C@H]1CCC2(C)C(=CCC3[C@@H]2CCC2(C)[C@@H]([C@H](C)CCCC(C)C)CC[C@@H]32)C1. The van der Waals surface area contributed by atoms with Gasteiger partial charge in [-0.15, -0.1) is 0 Å². The normalized spacial score (nSPS) is 36.7. The van der Waals surface area contributed by atoms with E-state index in [-0.39, 0.29) is 12.2 Å². The van der Waals surface area contributed by atoms with Crippen LogP contribution >= 0.6 is 0 Å². The van der Waals surface area contributed by atoms with Crippen molar-refractivity contribution in [2.24, 2.45) is 46.3 Å². The molecule has 5 aliphatic rings. The van der Waals surface area contributed by atoms with Gasteiger partial charge < -0.3 is 24.4 Å². The first kappa shape index (κ1) is 34.3. The van der Waals surface area contributed by atoms with Crippen molar-refractivity contribution in [1.29, 1.82) is 0 Å². The predicted octanol–water partition coefficient (Wildman–Crippen LogP) is 8.60. The van der Waals surface area contributed by atoms with E-state index in [2.05, 4.69) is 57.5 Å². The van der Waals surface area contributed by atoms with Crippen molar-refractivity contribution in [2.45, 2.75) is 130 Å². The fourth-order valence-corrected chi connectivity index (χ4v) is 11.0. The van der Waals surface area contributed by atoms with Gasteiger partial charge in [0, 0.05) is 26.6 Å². The maximum atomic E-state index is 6.42. The largest absolute Gasteiger partial charge is 0.476 e. The van der Waals surface area contributed by atoms with E-state index in [1.165, 1.54) is 83.7 Å². The standard InChI is InChI=1S/C39H68N2O3/c1-28(2)11-10-12-29(3)35-15-16-36-34-14-13-31-25-32(17-19-38(31,5)37(34)18-20-39(35,36)6)44-30(4)40-21-24-43-33(27-42-7)26-41-22-8-9-23-41/h13,28-29,32-37,40H,4,8-12,14-27H2,1-3,5-7H3/t29-,32+,33?,34?,35-,36+,37+,38?,39?/m1/s1. The van der Waals surface area contributed by atoms with Gasteiger partial charge >= 0.3 is 0 Å². The van der Waals surface area contributed by atoms with Crippen molar-refractivity contribution in [3.8, 4) is 0 Å². The van der Waals surface area contributed by atoms with E-state index < -0.39 is 0 Å². The number of rotatable bonds is 16. The summed E-state index contributed by atoms with van der Waals surface area (Å²) in [6.07, 6.45) is 20.5. The summed E-state index contributed by atoms with van der Waals surface area (Å²) in [5.74, 6) is 6.02. The summed E-state index contributed by atoms with van der Waals surface area (Å²) < 4.78 is 18.0. The molecule has 0 amide bonds. The van der Waals surface area contributed by atoms with Gasteiger partial charge in [0.25, 0.3) is 0 Å². The van der Waals surface area contributed by atoms with Crippen LogP contribution in [0, 0.1) is 46.3 Å². The molecule has 0 bridgehead atoms. The Morgan fingerprint density at radius 3 is 2.59 bits per heavy atom. The minimum absolute atomic E-state index is 0.123. The Balaban J connectivity index is 1.09. The van der Waals surface area contributed by atoms with Crippen LogP contribution in [0.1, 0.15) is 118 Å². The topological polar surface area (TPSA) is 43.0 Å². The number of hydrogen-bond donors (Lipinski definition) is 1. The number of ether oxygens (including phenoxy) is 3. The number of likely N-dealkylation sites (tertiary alicyclic amines) is 1. The van der Waals surface area contributed by atoms with Crippen molar-refractivity contribution < 1.29 is 14.2 Å². The van der Waals surface area contributed by atoms with Crippen molar-refractivity contribution in [1.82, 2.24) is 10.2 Å². The molecule has 1 saturated heterocycles. The summed E-state index contributed by atoms with van der Waals surface area (Å²) >= 11 is 0. The Morgan fingerprint density at radius 2 is 1.84 bits per heavy atom. The zero-order valence-electron chi connectivity index (χ0n) is 29.5. The Labute approximate surface area is 271 Å². The van der Waals surface area contributed by atoms with Gasteiger partial charge in [0.05, 0.1) is 19.3 Å².